The molecule has 0 spiro atoms. The highest BCUT2D eigenvalue weighted by Gasteiger charge is 2.25. The minimum Gasteiger partial charge on any atom is -0.497 e. The first-order valence-corrected chi connectivity index (χ1v) is 13.5. The van der Waals surface area contributed by atoms with Gasteiger partial charge in [0, 0.05) is 0 Å². The zero-order valence-corrected chi connectivity index (χ0v) is 19.8. The van der Waals surface area contributed by atoms with Crippen LogP contribution in [0.1, 0.15) is 38.0 Å². The molecule has 2 aromatic carbocycles. The van der Waals surface area contributed by atoms with E-state index in [9.17, 15) is 0 Å². The zero-order chi connectivity index (χ0) is 21.5. The quantitative estimate of drug-likeness (QED) is 0.400. The maximum absolute atomic E-state index is 6.37. The first kappa shape index (κ1) is 23.2. The summed E-state index contributed by atoms with van der Waals surface area (Å²) in [5.41, 5.74) is 2.04. The molecule has 2 aromatic rings. The molecule has 0 saturated carbocycles. The zero-order valence-electron chi connectivity index (χ0n) is 18.8. The van der Waals surface area contributed by atoms with Crippen molar-refractivity contribution in [2.45, 2.75) is 59.2 Å². The van der Waals surface area contributed by atoms with Gasteiger partial charge in [-0.1, -0.05) is 75.1 Å². The van der Waals surface area contributed by atoms with Crippen LogP contribution in [0.3, 0.4) is 0 Å². The average Bonchev–Trinajstić information content (AvgIpc) is 2.66. The first-order chi connectivity index (χ1) is 13.6. The minimum atomic E-state index is -1.76. The monoisotopic (exact) mass is 410 g/mol. The molecule has 0 amide bonds. The van der Waals surface area contributed by atoms with Gasteiger partial charge in [-0.25, -0.2) is 0 Å². The third-order valence-electron chi connectivity index (χ3n) is 4.26. The molecular formula is C25H34O3Si. The van der Waals surface area contributed by atoms with E-state index in [0.29, 0.717) is 6.61 Å². The van der Waals surface area contributed by atoms with E-state index < -0.39 is 8.32 Å². The fraction of sp³-hybridized carbons (Fsp3) is 0.440. The topological polar surface area (TPSA) is 27.7 Å². The predicted octanol–water partition coefficient (Wildman–Crippen LogP) is 6.22. The lowest BCUT2D eigenvalue weighted by molar-refractivity contribution is 0.0103. The highest BCUT2D eigenvalue weighted by atomic mass is 28.4. The Morgan fingerprint density at radius 3 is 2.21 bits per heavy atom. The van der Waals surface area contributed by atoms with Crippen molar-refractivity contribution in [2.75, 3.05) is 7.11 Å². The maximum Gasteiger partial charge on any atom is 0.185 e. The molecule has 0 saturated heterocycles. The number of ether oxygens (including phenoxy) is 2. The summed E-state index contributed by atoms with van der Waals surface area (Å²) in [5.74, 6) is 7.58. The Balaban J connectivity index is 2.22. The molecule has 0 aliphatic carbocycles. The molecular weight excluding hydrogens is 376 g/mol. The van der Waals surface area contributed by atoms with Crippen molar-refractivity contribution in [3.63, 3.8) is 0 Å². The molecule has 3 nitrogen and oxygen atoms in total. The van der Waals surface area contributed by atoms with Gasteiger partial charge in [0.25, 0.3) is 0 Å². The number of methoxy groups -OCH3 is 1. The fourth-order valence-corrected chi connectivity index (χ4v) is 3.67. The Bertz CT molecular complexity index is 823. The van der Waals surface area contributed by atoms with E-state index in [0.717, 1.165) is 16.9 Å². The number of hydrogen-bond acceptors (Lipinski definition) is 3. The highest BCUT2D eigenvalue weighted by molar-refractivity contribution is 6.69. The van der Waals surface area contributed by atoms with Gasteiger partial charge in [-0.2, -0.15) is 0 Å². The van der Waals surface area contributed by atoms with Gasteiger partial charge >= 0.3 is 0 Å². The summed E-state index contributed by atoms with van der Waals surface area (Å²) in [6, 6.07) is 18.1. The summed E-state index contributed by atoms with van der Waals surface area (Å²) < 4.78 is 17.9. The van der Waals surface area contributed by atoms with E-state index in [-0.39, 0.29) is 17.6 Å². The lowest BCUT2D eigenvalue weighted by Crippen LogP contribution is -2.29. The van der Waals surface area contributed by atoms with Crippen molar-refractivity contribution in [3.8, 4) is 17.6 Å². The third-order valence-corrected chi connectivity index (χ3v) is 5.20. The molecule has 0 aromatic heterocycles. The standard InChI is InChI=1S/C25H34O3Si/c1-25(2,3)24(27-19-20-12-11-15-22(18-20)26-4)17-16-23(28-29(5,6)7)21-13-9-8-10-14-21/h8-15,18,23-24H,19H2,1-7H3. The van der Waals surface area contributed by atoms with E-state index in [1.54, 1.807) is 7.11 Å². The van der Waals surface area contributed by atoms with Gasteiger partial charge in [-0.3, -0.25) is 0 Å². The van der Waals surface area contributed by atoms with Gasteiger partial charge < -0.3 is 13.9 Å². The molecule has 2 atom stereocenters. The molecule has 0 aliphatic rings. The van der Waals surface area contributed by atoms with Crippen molar-refractivity contribution in [3.05, 3.63) is 65.7 Å². The van der Waals surface area contributed by atoms with Gasteiger partial charge in [0.2, 0.25) is 0 Å². The average molecular weight is 411 g/mol. The summed E-state index contributed by atoms with van der Waals surface area (Å²) in [6.07, 6.45) is -0.460. The van der Waals surface area contributed by atoms with Crippen LogP contribution in [0.4, 0.5) is 0 Å². The van der Waals surface area contributed by atoms with Crippen molar-refractivity contribution in [1.29, 1.82) is 0 Å². The van der Waals surface area contributed by atoms with E-state index >= 15 is 0 Å². The maximum atomic E-state index is 6.37. The number of rotatable bonds is 7. The van der Waals surface area contributed by atoms with Gasteiger partial charge in [-0.15, -0.1) is 0 Å². The fourth-order valence-electron chi connectivity index (χ4n) is 2.76. The van der Waals surface area contributed by atoms with E-state index in [2.05, 4.69) is 64.4 Å². The molecule has 0 N–H and O–H groups in total. The molecule has 2 unspecified atom stereocenters. The summed E-state index contributed by atoms with van der Waals surface area (Å²) in [7, 11) is -0.0876. The third kappa shape index (κ3) is 8.06. The largest absolute Gasteiger partial charge is 0.497 e. The highest BCUT2D eigenvalue weighted by Crippen LogP contribution is 2.26. The molecule has 2 rings (SSSR count). The van der Waals surface area contributed by atoms with Gasteiger partial charge in [-0.05, 0) is 48.3 Å². The van der Waals surface area contributed by atoms with Gasteiger partial charge in [0.05, 0.1) is 13.7 Å². The molecule has 0 radical (unpaired) electrons. The smallest absolute Gasteiger partial charge is 0.185 e. The molecule has 0 heterocycles. The first-order valence-electron chi connectivity index (χ1n) is 10.1. The molecule has 29 heavy (non-hydrogen) atoms. The van der Waals surface area contributed by atoms with Crippen LogP contribution in [0.15, 0.2) is 54.6 Å². The van der Waals surface area contributed by atoms with Crippen LogP contribution in [0.25, 0.3) is 0 Å². The van der Waals surface area contributed by atoms with Gasteiger partial charge in [0.15, 0.2) is 8.32 Å². The second kappa shape index (κ2) is 10.1. The summed E-state index contributed by atoms with van der Waals surface area (Å²) in [6.45, 7) is 13.5. The Morgan fingerprint density at radius 2 is 1.62 bits per heavy atom. The van der Waals surface area contributed by atoms with Crippen molar-refractivity contribution in [2.24, 2.45) is 5.41 Å². The van der Waals surface area contributed by atoms with E-state index in [1.165, 1.54) is 0 Å². The summed E-state index contributed by atoms with van der Waals surface area (Å²) in [4.78, 5) is 0. The molecule has 0 aliphatic heterocycles. The number of benzene rings is 2. The summed E-state index contributed by atoms with van der Waals surface area (Å²) in [5, 5.41) is 0. The Labute approximate surface area is 177 Å². The van der Waals surface area contributed by atoms with Crippen LogP contribution in [0.5, 0.6) is 5.75 Å². The number of hydrogen-bond donors (Lipinski definition) is 0. The molecule has 156 valence electrons. The van der Waals surface area contributed by atoms with Crippen LogP contribution in [0, 0.1) is 17.3 Å². The summed E-state index contributed by atoms with van der Waals surface area (Å²) >= 11 is 0. The normalized spacial score (nSPS) is 13.9. The predicted molar refractivity (Wildman–Crippen MR) is 122 cm³/mol. The SMILES string of the molecule is COc1cccc(COC(C#CC(O[Si](C)(C)C)c2ccccc2)C(C)(C)C)c1. The van der Waals surface area contributed by atoms with Crippen molar-refractivity contribution < 1.29 is 13.9 Å². The Morgan fingerprint density at radius 1 is 0.931 bits per heavy atom. The van der Waals surface area contributed by atoms with Crippen LogP contribution >= 0.6 is 0 Å². The van der Waals surface area contributed by atoms with Crippen molar-refractivity contribution in [1.82, 2.24) is 0 Å². The van der Waals surface area contributed by atoms with Gasteiger partial charge in [0.1, 0.15) is 18.0 Å². The Kier molecular flexibility index (Phi) is 8.10. The van der Waals surface area contributed by atoms with E-state index in [1.807, 2.05) is 42.5 Å². The lowest BCUT2D eigenvalue weighted by atomic mass is 9.89. The second-order valence-electron chi connectivity index (χ2n) is 9.22. The van der Waals surface area contributed by atoms with E-state index in [4.69, 9.17) is 13.9 Å². The molecule has 0 bridgehead atoms. The van der Waals surface area contributed by atoms with Crippen LogP contribution in [0.2, 0.25) is 19.6 Å². The van der Waals surface area contributed by atoms with Crippen LogP contribution in [-0.4, -0.2) is 21.5 Å². The van der Waals surface area contributed by atoms with Crippen molar-refractivity contribution >= 4 is 8.32 Å². The molecule has 4 heteroatoms. The molecule has 0 fully saturated rings. The Hall–Kier alpha value is -2.06. The second-order valence-corrected chi connectivity index (χ2v) is 13.7. The van der Waals surface area contributed by atoms with Crippen LogP contribution in [-0.2, 0) is 15.8 Å². The minimum absolute atomic E-state index is 0.119. The lowest BCUT2D eigenvalue weighted by Gasteiger charge is -2.27. The van der Waals surface area contributed by atoms with Crippen LogP contribution < -0.4 is 4.74 Å².